The molecule has 3 aliphatic heterocycles. The van der Waals surface area contributed by atoms with Crippen LogP contribution in [0.25, 0.3) is 21.9 Å². The van der Waals surface area contributed by atoms with E-state index in [0.717, 1.165) is 72.5 Å². The Morgan fingerprint density at radius 2 is 1.85 bits per heavy atom. The van der Waals surface area contributed by atoms with Gasteiger partial charge in [-0.3, -0.25) is 4.79 Å². The maximum absolute atomic E-state index is 15.5. The lowest BCUT2D eigenvalue weighted by atomic mass is 9.79. The highest BCUT2D eigenvalue weighted by molar-refractivity contribution is 9.10. The second-order valence-electron chi connectivity index (χ2n) is 11.1. The summed E-state index contributed by atoms with van der Waals surface area (Å²) in [6.45, 7) is 11.0. The molecule has 8 nitrogen and oxygen atoms in total. The highest BCUT2D eigenvalue weighted by Crippen LogP contribution is 2.48. The number of aryl methyl sites for hydroxylation is 2. The predicted molar refractivity (Wildman–Crippen MR) is 161 cm³/mol. The van der Waals surface area contributed by atoms with Crippen molar-refractivity contribution >= 4 is 50.1 Å². The van der Waals surface area contributed by atoms with Gasteiger partial charge in [-0.05, 0) is 67.3 Å². The van der Waals surface area contributed by atoms with Crippen LogP contribution in [-0.4, -0.2) is 90.7 Å². The van der Waals surface area contributed by atoms with Crippen molar-refractivity contribution in [3.05, 3.63) is 27.7 Å². The highest BCUT2D eigenvalue weighted by atomic mass is 79.9. The molecule has 39 heavy (non-hydrogen) atoms. The summed E-state index contributed by atoms with van der Waals surface area (Å²) in [4.78, 5) is 25.5. The molecule has 3 atom stereocenters. The van der Waals surface area contributed by atoms with E-state index >= 15 is 4.39 Å². The van der Waals surface area contributed by atoms with E-state index in [4.69, 9.17) is 9.97 Å². The van der Waals surface area contributed by atoms with Gasteiger partial charge in [0.2, 0.25) is 6.41 Å². The van der Waals surface area contributed by atoms with Gasteiger partial charge in [-0.15, -0.1) is 0 Å². The number of imidazole rings is 1. The number of benzene rings is 1. The van der Waals surface area contributed by atoms with Crippen LogP contribution in [0.4, 0.5) is 10.2 Å². The van der Waals surface area contributed by atoms with Crippen molar-refractivity contribution in [3.8, 4) is 0 Å². The third-order valence-corrected chi connectivity index (χ3v) is 8.97. The van der Waals surface area contributed by atoms with Gasteiger partial charge in [0.25, 0.3) is 0 Å². The van der Waals surface area contributed by atoms with Crippen molar-refractivity contribution in [2.45, 2.75) is 65.1 Å². The fourth-order valence-corrected chi connectivity index (χ4v) is 6.12. The van der Waals surface area contributed by atoms with Crippen LogP contribution in [0.1, 0.15) is 51.0 Å². The van der Waals surface area contributed by atoms with Gasteiger partial charge >= 0.3 is 0 Å². The normalized spacial score (nSPS) is 21.7. The SMILES string of the molecule is CC.CCCc1nc2c(N3CC(N(C)C)C3)nc3c(F)c(Br)c(C)cc3c2n1C1C2CNC1C2.CN(C)C=O. The number of halogens is 2. The largest absolute Gasteiger partial charge is 0.351 e. The molecule has 3 unspecified atom stereocenters. The Bertz CT molecular complexity index is 1320. The minimum absolute atomic E-state index is 0.271. The van der Waals surface area contributed by atoms with E-state index in [-0.39, 0.29) is 5.82 Å². The second kappa shape index (κ2) is 12.1. The maximum Gasteiger partial charge on any atom is 0.209 e. The van der Waals surface area contributed by atoms with E-state index in [2.05, 4.69) is 62.7 Å². The molecule has 1 N–H and O–H groups in total. The van der Waals surface area contributed by atoms with Gasteiger partial charge in [-0.25, -0.2) is 14.4 Å². The van der Waals surface area contributed by atoms with E-state index in [0.29, 0.717) is 34.0 Å². The van der Waals surface area contributed by atoms with Gasteiger partial charge in [0, 0.05) is 57.6 Å². The Hall–Kier alpha value is -2.30. The first-order valence-corrected chi connectivity index (χ1v) is 14.9. The Balaban J connectivity index is 0.000000456. The number of hydrogen-bond acceptors (Lipinski definition) is 6. The van der Waals surface area contributed by atoms with Crippen molar-refractivity contribution in [2.75, 3.05) is 52.7 Å². The minimum Gasteiger partial charge on any atom is -0.351 e. The molecule has 1 aliphatic carbocycles. The smallest absolute Gasteiger partial charge is 0.209 e. The van der Waals surface area contributed by atoms with Gasteiger partial charge in [-0.2, -0.15) is 0 Å². The first-order chi connectivity index (χ1) is 18.7. The number of nitrogens with one attached hydrogen (secondary N) is 1. The summed E-state index contributed by atoms with van der Waals surface area (Å²) in [5, 5.41) is 4.54. The molecule has 214 valence electrons. The molecule has 10 heteroatoms. The van der Waals surface area contributed by atoms with Crippen molar-refractivity contribution in [1.82, 2.24) is 29.7 Å². The van der Waals surface area contributed by atoms with Crippen LogP contribution in [0.5, 0.6) is 0 Å². The molecule has 0 spiro atoms. The molecule has 3 aromatic rings. The lowest BCUT2D eigenvalue weighted by molar-refractivity contribution is -0.115. The third-order valence-electron chi connectivity index (χ3n) is 8.00. The summed E-state index contributed by atoms with van der Waals surface area (Å²) in [6, 6.07) is 3.46. The quantitative estimate of drug-likeness (QED) is 0.410. The Kier molecular flexibility index (Phi) is 9.18. The van der Waals surface area contributed by atoms with Crippen LogP contribution >= 0.6 is 15.9 Å². The number of pyridine rings is 1. The molecule has 4 aliphatic rings. The van der Waals surface area contributed by atoms with E-state index in [9.17, 15) is 4.79 Å². The topological polar surface area (TPSA) is 69.5 Å². The lowest BCUT2D eigenvalue weighted by Gasteiger charge is -2.43. The van der Waals surface area contributed by atoms with Gasteiger partial charge in [0.1, 0.15) is 16.9 Å². The summed E-state index contributed by atoms with van der Waals surface area (Å²) in [5.74, 6) is 2.30. The molecular formula is C29H43BrFN7O. The third kappa shape index (κ3) is 5.27. The van der Waals surface area contributed by atoms with Crippen LogP contribution < -0.4 is 10.2 Å². The zero-order valence-electron chi connectivity index (χ0n) is 24.6. The summed E-state index contributed by atoms with van der Waals surface area (Å²) >= 11 is 3.45. The number of aromatic nitrogens is 3. The zero-order valence-corrected chi connectivity index (χ0v) is 26.1. The van der Waals surface area contributed by atoms with Gasteiger partial charge in [0.15, 0.2) is 11.6 Å². The van der Waals surface area contributed by atoms with Crippen molar-refractivity contribution < 1.29 is 9.18 Å². The fourth-order valence-electron chi connectivity index (χ4n) is 5.82. The zero-order chi connectivity index (χ0) is 28.6. The number of anilines is 1. The number of fused-ring (bicyclic) bond motifs is 4. The lowest BCUT2D eigenvalue weighted by Crippen LogP contribution is -2.57. The van der Waals surface area contributed by atoms with Crippen LogP contribution in [0, 0.1) is 18.7 Å². The van der Waals surface area contributed by atoms with E-state index < -0.39 is 0 Å². The van der Waals surface area contributed by atoms with Crippen LogP contribution in [-0.2, 0) is 11.2 Å². The predicted octanol–water partition coefficient (Wildman–Crippen LogP) is 4.76. The Morgan fingerprint density at radius 3 is 2.36 bits per heavy atom. The molecule has 0 radical (unpaired) electrons. The van der Waals surface area contributed by atoms with Crippen molar-refractivity contribution in [2.24, 2.45) is 5.92 Å². The molecule has 5 heterocycles. The minimum atomic E-state index is -0.271. The summed E-state index contributed by atoms with van der Waals surface area (Å²) < 4.78 is 18.5. The monoisotopic (exact) mass is 603 g/mol. The number of amides is 1. The standard InChI is InChI=1S/C24H30BrFN6.C3H7NO.C2H6/c1-5-6-17-28-21-23(32(17)22-13-8-16(22)27-9-13)15-7-12(2)18(25)19(26)20(15)29-24(21)31-10-14(11-31)30(3)4;1-4(2)3-5;1-2/h7,13-14,16,22,27H,5-6,8-11H2,1-4H3;3H,1-2H3;1-2H3. The number of nitrogens with zero attached hydrogens (tertiary/aromatic N) is 6. The number of rotatable bonds is 6. The van der Waals surface area contributed by atoms with Crippen molar-refractivity contribution in [1.29, 1.82) is 0 Å². The Morgan fingerprint density at radius 1 is 1.18 bits per heavy atom. The Labute approximate surface area is 240 Å². The van der Waals surface area contributed by atoms with Crippen LogP contribution in [0.15, 0.2) is 10.5 Å². The van der Waals surface area contributed by atoms with E-state index in [1.807, 2.05) is 20.8 Å². The highest BCUT2D eigenvalue weighted by Gasteiger charge is 2.49. The molecule has 2 bridgehead atoms. The first-order valence-electron chi connectivity index (χ1n) is 14.1. The maximum atomic E-state index is 15.5. The van der Waals surface area contributed by atoms with Gasteiger partial charge < -0.3 is 24.6 Å². The molecule has 1 amide bonds. The fraction of sp³-hybridized carbons (Fsp3) is 0.621. The van der Waals surface area contributed by atoms with Crippen LogP contribution in [0.2, 0.25) is 0 Å². The molecule has 2 aromatic heterocycles. The van der Waals surface area contributed by atoms with Crippen molar-refractivity contribution in [3.63, 3.8) is 0 Å². The molecule has 7 rings (SSSR count). The first kappa shape index (κ1) is 29.7. The van der Waals surface area contributed by atoms with Gasteiger partial charge in [0.05, 0.1) is 16.0 Å². The average Bonchev–Trinajstić information content (AvgIpc) is 3.60. The number of likely N-dealkylation sites (N-methyl/N-ethyl adjacent to an activating group) is 1. The van der Waals surface area contributed by atoms with E-state index in [1.165, 1.54) is 11.3 Å². The molecule has 3 saturated heterocycles. The second-order valence-corrected chi connectivity index (χ2v) is 11.9. The molecule has 1 aromatic carbocycles. The number of carbonyl (C=O) groups excluding carboxylic acids is 1. The summed E-state index contributed by atoms with van der Waals surface area (Å²) in [7, 11) is 7.59. The summed E-state index contributed by atoms with van der Waals surface area (Å²) in [5.41, 5.74) is 3.34. The van der Waals surface area contributed by atoms with Gasteiger partial charge in [-0.1, -0.05) is 20.8 Å². The van der Waals surface area contributed by atoms with Crippen LogP contribution in [0.3, 0.4) is 0 Å². The average molecular weight is 605 g/mol. The molecule has 1 saturated carbocycles. The number of hydrogen-bond donors (Lipinski definition) is 1. The molecule has 4 fully saturated rings. The summed E-state index contributed by atoms with van der Waals surface area (Å²) in [6.07, 6.45) is 3.93. The van der Waals surface area contributed by atoms with E-state index in [1.54, 1.807) is 14.1 Å². The number of carbonyl (C=O) groups is 1. The molecular weight excluding hydrogens is 561 g/mol.